The number of hydrogen-bond donors (Lipinski definition) is 2. The lowest BCUT2D eigenvalue weighted by molar-refractivity contribution is 0.0603. The molecule has 0 amide bonds. The van der Waals surface area contributed by atoms with Crippen molar-refractivity contribution in [3.05, 3.63) is 47.0 Å². The van der Waals surface area contributed by atoms with Crippen molar-refractivity contribution in [2.24, 2.45) is 0 Å². The molecule has 0 saturated heterocycles. The number of phenolic OH excluding ortho intramolecular Hbond substituents is 1. The van der Waals surface area contributed by atoms with Crippen LogP contribution in [0.15, 0.2) is 36.4 Å². The number of hydrogen-bond acceptors (Lipinski definition) is 4. The summed E-state index contributed by atoms with van der Waals surface area (Å²) in [5.41, 5.74) is 1.85. The predicted molar refractivity (Wildman–Crippen MR) is 79.5 cm³/mol. The predicted octanol–water partition coefficient (Wildman–Crippen LogP) is 3.38. The minimum absolute atomic E-state index is 0.0189. The van der Waals surface area contributed by atoms with E-state index < -0.39 is 5.97 Å². The molecular formula is C15H11ClN2O3. The Morgan fingerprint density at radius 1 is 1.24 bits per heavy atom. The van der Waals surface area contributed by atoms with E-state index in [4.69, 9.17) is 16.3 Å². The number of rotatable bonds is 2. The van der Waals surface area contributed by atoms with Gasteiger partial charge in [0.25, 0.3) is 0 Å². The Labute approximate surface area is 125 Å². The number of aromatic hydroxyl groups is 1. The number of fused-ring (bicyclic) bond motifs is 1. The maximum absolute atomic E-state index is 11.8. The quantitative estimate of drug-likeness (QED) is 0.712. The third-order valence-corrected chi connectivity index (χ3v) is 3.40. The molecule has 0 unspecified atom stereocenters. The van der Waals surface area contributed by atoms with Crippen LogP contribution in [0.25, 0.3) is 22.4 Å². The fourth-order valence-corrected chi connectivity index (χ4v) is 2.22. The first-order valence-electron chi connectivity index (χ1n) is 6.16. The van der Waals surface area contributed by atoms with E-state index >= 15 is 0 Å². The van der Waals surface area contributed by atoms with Gasteiger partial charge in [0.2, 0.25) is 0 Å². The van der Waals surface area contributed by atoms with E-state index in [2.05, 4.69) is 9.97 Å². The molecular weight excluding hydrogens is 292 g/mol. The molecule has 1 heterocycles. The summed E-state index contributed by atoms with van der Waals surface area (Å²) in [5.74, 6) is 0.0489. The zero-order valence-electron chi connectivity index (χ0n) is 11.1. The molecule has 106 valence electrons. The third kappa shape index (κ3) is 2.32. The lowest BCUT2D eigenvalue weighted by Gasteiger charge is -2.00. The van der Waals surface area contributed by atoms with Crippen LogP contribution in [0.2, 0.25) is 5.02 Å². The van der Waals surface area contributed by atoms with E-state index in [-0.39, 0.29) is 5.75 Å². The molecule has 1 aromatic heterocycles. The van der Waals surface area contributed by atoms with E-state index in [1.807, 2.05) is 0 Å². The summed E-state index contributed by atoms with van der Waals surface area (Å²) < 4.78 is 4.72. The van der Waals surface area contributed by atoms with Crippen LogP contribution in [0.1, 0.15) is 10.4 Å². The third-order valence-electron chi connectivity index (χ3n) is 3.15. The molecule has 21 heavy (non-hydrogen) atoms. The van der Waals surface area contributed by atoms with Crippen molar-refractivity contribution >= 4 is 28.6 Å². The second-order valence-electron chi connectivity index (χ2n) is 4.44. The van der Waals surface area contributed by atoms with Gasteiger partial charge in [0, 0.05) is 10.6 Å². The number of aromatic nitrogens is 2. The van der Waals surface area contributed by atoms with Gasteiger partial charge in [0.05, 0.1) is 12.7 Å². The molecule has 0 aliphatic heterocycles. The van der Waals surface area contributed by atoms with Gasteiger partial charge < -0.3 is 14.8 Å². The van der Waals surface area contributed by atoms with Crippen LogP contribution in [0.3, 0.4) is 0 Å². The van der Waals surface area contributed by atoms with Gasteiger partial charge in [0.1, 0.15) is 22.6 Å². The summed E-state index contributed by atoms with van der Waals surface area (Å²) in [7, 11) is 1.30. The molecule has 0 aliphatic carbocycles. The topological polar surface area (TPSA) is 75.2 Å². The van der Waals surface area contributed by atoms with Crippen LogP contribution in [-0.4, -0.2) is 28.2 Å². The van der Waals surface area contributed by atoms with Gasteiger partial charge in [-0.25, -0.2) is 9.78 Å². The SMILES string of the molecule is COC(=O)c1ccc(O)c2[nH]c(-c3ccc(Cl)cc3)nc12. The Balaban J connectivity index is 2.21. The summed E-state index contributed by atoms with van der Waals surface area (Å²) in [6.45, 7) is 0. The number of aromatic amines is 1. The molecule has 2 N–H and O–H groups in total. The minimum Gasteiger partial charge on any atom is -0.506 e. The van der Waals surface area contributed by atoms with E-state index in [1.165, 1.54) is 19.2 Å². The summed E-state index contributed by atoms with van der Waals surface area (Å²) in [5, 5.41) is 10.5. The number of ether oxygens (including phenoxy) is 1. The largest absolute Gasteiger partial charge is 0.506 e. The van der Waals surface area contributed by atoms with Gasteiger partial charge >= 0.3 is 5.97 Å². The highest BCUT2D eigenvalue weighted by Gasteiger charge is 2.17. The molecule has 0 saturated carbocycles. The lowest BCUT2D eigenvalue weighted by Crippen LogP contribution is -2.01. The molecule has 0 bridgehead atoms. The molecule has 0 spiro atoms. The van der Waals surface area contributed by atoms with Crippen molar-refractivity contribution in [3.8, 4) is 17.1 Å². The van der Waals surface area contributed by atoms with Crippen LogP contribution in [-0.2, 0) is 4.74 Å². The van der Waals surface area contributed by atoms with Gasteiger partial charge in [-0.15, -0.1) is 0 Å². The average molecular weight is 303 g/mol. The van der Waals surface area contributed by atoms with Gasteiger partial charge in [0.15, 0.2) is 0 Å². The normalized spacial score (nSPS) is 10.8. The minimum atomic E-state index is -0.505. The maximum atomic E-state index is 11.8. The zero-order chi connectivity index (χ0) is 15.0. The molecule has 0 atom stereocenters. The number of benzene rings is 2. The number of carbonyl (C=O) groups excluding carboxylic acids is 1. The molecule has 3 aromatic rings. The van der Waals surface area contributed by atoms with E-state index in [9.17, 15) is 9.90 Å². The smallest absolute Gasteiger partial charge is 0.340 e. The Bertz CT molecular complexity index is 825. The number of nitrogens with one attached hydrogen (secondary N) is 1. The first-order chi connectivity index (χ1) is 10.1. The number of esters is 1. The van der Waals surface area contributed by atoms with Crippen molar-refractivity contribution in [1.29, 1.82) is 0 Å². The van der Waals surface area contributed by atoms with E-state index in [1.54, 1.807) is 24.3 Å². The Hall–Kier alpha value is -2.53. The fourth-order valence-electron chi connectivity index (χ4n) is 2.10. The molecule has 6 heteroatoms. The van der Waals surface area contributed by atoms with Crippen molar-refractivity contribution in [3.63, 3.8) is 0 Å². The summed E-state index contributed by atoms with van der Waals surface area (Å²) >= 11 is 5.86. The standard InChI is InChI=1S/C15H11ClN2O3/c1-21-15(20)10-6-7-11(19)13-12(10)17-14(18-13)8-2-4-9(16)5-3-8/h2-7,19H,1H3,(H,17,18). The molecule has 5 nitrogen and oxygen atoms in total. The zero-order valence-corrected chi connectivity index (χ0v) is 11.8. The van der Waals surface area contributed by atoms with Gasteiger partial charge in [-0.1, -0.05) is 11.6 Å². The summed E-state index contributed by atoms with van der Waals surface area (Å²) in [6, 6.07) is 9.99. The lowest BCUT2D eigenvalue weighted by atomic mass is 10.2. The van der Waals surface area contributed by atoms with Crippen molar-refractivity contribution in [2.45, 2.75) is 0 Å². The molecule has 2 aromatic carbocycles. The molecule has 3 rings (SSSR count). The molecule has 0 aliphatic rings. The summed E-state index contributed by atoms with van der Waals surface area (Å²) in [4.78, 5) is 19.1. The monoisotopic (exact) mass is 302 g/mol. The number of carbonyl (C=O) groups is 1. The Kier molecular flexibility index (Phi) is 3.27. The average Bonchev–Trinajstić information content (AvgIpc) is 2.93. The number of imidazole rings is 1. The maximum Gasteiger partial charge on any atom is 0.340 e. The highest BCUT2D eigenvalue weighted by atomic mass is 35.5. The van der Waals surface area contributed by atoms with Crippen LogP contribution in [0.4, 0.5) is 0 Å². The van der Waals surface area contributed by atoms with Gasteiger partial charge in [-0.05, 0) is 36.4 Å². The number of H-pyrrole nitrogens is 1. The van der Waals surface area contributed by atoms with E-state index in [0.29, 0.717) is 27.4 Å². The highest BCUT2D eigenvalue weighted by Crippen LogP contribution is 2.29. The first kappa shape index (κ1) is 13.5. The summed E-state index contributed by atoms with van der Waals surface area (Å²) in [6.07, 6.45) is 0. The van der Waals surface area contributed by atoms with Crippen LogP contribution < -0.4 is 0 Å². The number of nitrogens with zero attached hydrogens (tertiary/aromatic N) is 1. The van der Waals surface area contributed by atoms with Crippen LogP contribution in [0.5, 0.6) is 5.75 Å². The van der Waals surface area contributed by atoms with Crippen LogP contribution in [0, 0.1) is 0 Å². The van der Waals surface area contributed by atoms with Crippen molar-refractivity contribution < 1.29 is 14.6 Å². The highest BCUT2D eigenvalue weighted by molar-refractivity contribution is 6.30. The van der Waals surface area contributed by atoms with E-state index in [0.717, 1.165) is 5.56 Å². The second-order valence-corrected chi connectivity index (χ2v) is 4.88. The number of halogens is 1. The number of phenols is 1. The van der Waals surface area contributed by atoms with Crippen LogP contribution >= 0.6 is 11.6 Å². The Morgan fingerprint density at radius 2 is 1.95 bits per heavy atom. The Morgan fingerprint density at radius 3 is 2.62 bits per heavy atom. The molecule has 0 fully saturated rings. The second kappa shape index (κ2) is 5.10. The van der Waals surface area contributed by atoms with Crippen molar-refractivity contribution in [2.75, 3.05) is 7.11 Å². The van der Waals surface area contributed by atoms with Gasteiger partial charge in [-0.3, -0.25) is 0 Å². The molecule has 0 radical (unpaired) electrons. The first-order valence-corrected chi connectivity index (χ1v) is 6.54. The van der Waals surface area contributed by atoms with Crippen molar-refractivity contribution in [1.82, 2.24) is 9.97 Å². The fraction of sp³-hybridized carbons (Fsp3) is 0.0667. The van der Waals surface area contributed by atoms with Gasteiger partial charge in [-0.2, -0.15) is 0 Å². The number of methoxy groups -OCH3 is 1.